The molecule has 2 rings (SSSR count). The quantitative estimate of drug-likeness (QED) is 0.722. The van der Waals surface area contributed by atoms with Gasteiger partial charge in [-0.25, -0.2) is 9.78 Å². The largest absolute Gasteiger partial charge is 0.466 e. The molecule has 1 aromatic carbocycles. The molecule has 0 radical (unpaired) electrons. The number of hydrogen-bond donors (Lipinski definition) is 2. The molecule has 8 nitrogen and oxygen atoms in total. The van der Waals surface area contributed by atoms with Gasteiger partial charge in [0.2, 0.25) is 0 Å². The minimum atomic E-state index is -0.616. The summed E-state index contributed by atoms with van der Waals surface area (Å²) >= 11 is 0. The molecule has 0 fully saturated rings. The number of nitrogens with one attached hydrogen (secondary N) is 2. The summed E-state index contributed by atoms with van der Waals surface area (Å²) in [5.74, 6) is 0.372. The molecular weight excluding hydrogens is 348 g/mol. The highest BCUT2D eigenvalue weighted by molar-refractivity contribution is 5.71. The lowest BCUT2D eigenvalue weighted by Crippen LogP contribution is -2.36. The van der Waals surface area contributed by atoms with Crippen molar-refractivity contribution >= 4 is 12.1 Å². The zero-order valence-electron chi connectivity index (χ0n) is 16.1. The van der Waals surface area contributed by atoms with Crippen molar-refractivity contribution in [3.05, 3.63) is 47.5 Å². The number of nitrogens with zero attached hydrogens (tertiary/aromatic N) is 2. The first-order chi connectivity index (χ1) is 12.8. The van der Waals surface area contributed by atoms with Crippen LogP contribution in [0.1, 0.15) is 50.9 Å². The Labute approximate surface area is 158 Å². The number of H-pyrrole nitrogens is 1. The van der Waals surface area contributed by atoms with Gasteiger partial charge in [0.1, 0.15) is 17.8 Å². The molecule has 27 heavy (non-hydrogen) atoms. The summed E-state index contributed by atoms with van der Waals surface area (Å²) in [6.45, 7) is 7.43. The van der Waals surface area contributed by atoms with Crippen molar-refractivity contribution in [2.24, 2.45) is 0 Å². The van der Waals surface area contributed by atoms with Crippen LogP contribution in [0.15, 0.2) is 30.3 Å². The monoisotopic (exact) mass is 374 g/mol. The second-order valence-corrected chi connectivity index (χ2v) is 7.01. The number of carbonyl (C=O) groups is 2. The van der Waals surface area contributed by atoms with Crippen LogP contribution >= 0.6 is 0 Å². The molecule has 0 aliphatic heterocycles. The Balaban J connectivity index is 2.15. The summed E-state index contributed by atoms with van der Waals surface area (Å²) in [6, 6.07) is 9.17. The minimum Gasteiger partial charge on any atom is -0.466 e. The Morgan fingerprint density at radius 1 is 1.22 bits per heavy atom. The van der Waals surface area contributed by atoms with E-state index in [0.29, 0.717) is 24.7 Å². The summed E-state index contributed by atoms with van der Waals surface area (Å²) in [6.07, 6.45) is -0.0811. The number of alkyl carbamates (subject to hydrolysis) is 1. The topological polar surface area (TPSA) is 106 Å². The molecule has 0 unspecified atom stereocenters. The first-order valence-electron chi connectivity index (χ1n) is 8.87. The maximum atomic E-state index is 12.2. The number of amides is 1. The molecule has 2 aromatic rings. The molecular formula is C19H26N4O4. The fraction of sp³-hybridized carbons (Fsp3) is 0.474. The van der Waals surface area contributed by atoms with E-state index in [4.69, 9.17) is 9.47 Å². The average molecular weight is 374 g/mol. The summed E-state index contributed by atoms with van der Waals surface area (Å²) < 4.78 is 10.3. The minimum absolute atomic E-state index is 0.00860. The van der Waals surface area contributed by atoms with Gasteiger partial charge < -0.3 is 14.8 Å². The highest BCUT2D eigenvalue weighted by Gasteiger charge is 2.24. The van der Waals surface area contributed by atoms with E-state index in [0.717, 1.165) is 5.56 Å². The van der Waals surface area contributed by atoms with E-state index in [9.17, 15) is 9.59 Å². The maximum absolute atomic E-state index is 12.2. The molecule has 8 heteroatoms. The van der Waals surface area contributed by atoms with Crippen molar-refractivity contribution in [3.63, 3.8) is 0 Å². The number of rotatable bonds is 7. The number of esters is 1. The van der Waals surface area contributed by atoms with Crippen LogP contribution in [-0.4, -0.2) is 39.5 Å². The summed E-state index contributed by atoms with van der Waals surface area (Å²) in [5.41, 5.74) is 0.394. The Morgan fingerprint density at radius 2 is 1.93 bits per heavy atom. The normalized spacial score (nSPS) is 12.3. The lowest BCUT2D eigenvalue weighted by molar-refractivity contribution is -0.142. The Bertz CT molecular complexity index is 753. The van der Waals surface area contributed by atoms with E-state index < -0.39 is 17.7 Å². The van der Waals surface area contributed by atoms with Crippen LogP contribution in [0, 0.1) is 0 Å². The molecule has 1 aromatic heterocycles. The lowest BCUT2D eigenvalue weighted by atomic mass is 10.1. The summed E-state index contributed by atoms with van der Waals surface area (Å²) in [5, 5.41) is 9.70. The molecule has 0 spiro atoms. The maximum Gasteiger partial charge on any atom is 0.408 e. The zero-order valence-corrected chi connectivity index (χ0v) is 16.1. The van der Waals surface area contributed by atoms with Crippen molar-refractivity contribution in [3.8, 4) is 0 Å². The lowest BCUT2D eigenvalue weighted by Gasteiger charge is -2.22. The van der Waals surface area contributed by atoms with E-state index in [2.05, 4.69) is 20.5 Å². The van der Waals surface area contributed by atoms with E-state index >= 15 is 0 Å². The molecule has 1 heterocycles. The number of ether oxygens (including phenoxy) is 2. The number of aromatic amines is 1. The van der Waals surface area contributed by atoms with Crippen LogP contribution in [0.25, 0.3) is 0 Å². The standard InChI is InChI=1S/C19H26N4O4/c1-5-26-16(24)12-15-21-17(23-22-15)14(11-13-9-7-6-8-10-13)20-18(25)27-19(2,3)4/h6-10,14H,5,11-12H2,1-4H3,(H,20,25)(H,21,22,23)/t14-/m0/s1. The first-order valence-corrected chi connectivity index (χ1v) is 8.87. The second-order valence-electron chi connectivity index (χ2n) is 7.01. The van der Waals surface area contributed by atoms with E-state index in [1.54, 1.807) is 27.7 Å². The van der Waals surface area contributed by atoms with Gasteiger partial charge in [-0.05, 0) is 33.3 Å². The van der Waals surface area contributed by atoms with Gasteiger partial charge in [-0.3, -0.25) is 9.89 Å². The number of benzene rings is 1. The van der Waals surface area contributed by atoms with Crippen LogP contribution in [0.4, 0.5) is 4.79 Å². The number of hydrogen-bond acceptors (Lipinski definition) is 6. The Hall–Kier alpha value is -2.90. The molecule has 2 N–H and O–H groups in total. The molecule has 146 valence electrons. The van der Waals surface area contributed by atoms with Gasteiger partial charge in [-0.15, -0.1) is 0 Å². The molecule has 0 aliphatic carbocycles. The van der Waals surface area contributed by atoms with Crippen LogP contribution < -0.4 is 5.32 Å². The van der Waals surface area contributed by atoms with Gasteiger partial charge in [-0.2, -0.15) is 5.10 Å². The third-order valence-electron chi connectivity index (χ3n) is 3.45. The van der Waals surface area contributed by atoms with Crippen molar-refractivity contribution in [1.82, 2.24) is 20.5 Å². The highest BCUT2D eigenvalue weighted by Crippen LogP contribution is 2.17. The summed E-state index contributed by atoms with van der Waals surface area (Å²) in [7, 11) is 0. The van der Waals surface area contributed by atoms with Gasteiger partial charge in [0, 0.05) is 6.42 Å². The van der Waals surface area contributed by atoms with E-state index in [1.165, 1.54) is 0 Å². The van der Waals surface area contributed by atoms with Crippen LogP contribution in [-0.2, 0) is 27.1 Å². The van der Waals surface area contributed by atoms with Gasteiger partial charge in [0.25, 0.3) is 0 Å². The Morgan fingerprint density at radius 3 is 2.56 bits per heavy atom. The molecule has 0 bridgehead atoms. The van der Waals surface area contributed by atoms with Gasteiger partial charge >= 0.3 is 12.1 Å². The van der Waals surface area contributed by atoms with Gasteiger partial charge in [0.05, 0.1) is 12.6 Å². The fourth-order valence-corrected chi connectivity index (χ4v) is 2.40. The first kappa shape index (κ1) is 20.4. The average Bonchev–Trinajstić information content (AvgIpc) is 3.02. The van der Waals surface area contributed by atoms with Crippen LogP contribution in [0.3, 0.4) is 0 Å². The van der Waals surface area contributed by atoms with E-state index in [-0.39, 0.29) is 12.4 Å². The molecule has 1 amide bonds. The smallest absolute Gasteiger partial charge is 0.408 e. The number of aromatic nitrogens is 3. The predicted molar refractivity (Wildman–Crippen MR) is 99.0 cm³/mol. The molecule has 0 saturated carbocycles. The highest BCUT2D eigenvalue weighted by atomic mass is 16.6. The molecule has 1 atom stereocenters. The predicted octanol–water partition coefficient (Wildman–Crippen LogP) is 2.72. The summed E-state index contributed by atoms with van der Waals surface area (Å²) in [4.78, 5) is 28.2. The molecule has 0 saturated heterocycles. The SMILES string of the molecule is CCOC(=O)Cc1nc([C@H](Cc2ccccc2)NC(=O)OC(C)(C)C)n[nH]1. The van der Waals surface area contributed by atoms with Crippen LogP contribution in [0.5, 0.6) is 0 Å². The zero-order chi connectivity index (χ0) is 19.9. The Kier molecular flexibility index (Phi) is 6.92. The van der Waals surface area contributed by atoms with Crippen molar-refractivity contribution in [2.75, 3.05) is 6.61 Å². The second kappa shape index (κ2) is 9.16. The fourth-order valence-electron chi connectivity index (χ4n) is 2.40. The van der Waals surface area contributed by atoms with Crippen molar-refractivity contribution in [1.29, 1.82) is 0 Å². The van der Waals surface area contributed by atoms with Gasteiger partial charge in [-0.1, -0.05) is 30.3 Å². The van der Waals surface area contributed by atoms with E-state index in [1.807, 2.05) is 30.3 Å². The van der Waals surface area contributed by atoms with Crippen molar-refractivity contribution < 1.29 is 19.1 Å². The van der Waals surface area contributed by atoms with Crippen LogP contribution in [0.2, 0.25) is 0 Å². The third-order valence-corrected chi connectivity index (χ3v) is 3.45. The molecule has 0 aliphatic rings. The number of carbonyl (C=O) groups excluding carboxylic acids is 2. The van der Waals surface area contributed by atoms with Gasteiger partial charge in [0.15, 0.2) is 5.82 Å². The van der Waals surface area contributed by atoms with Crippen molar-refractivity contribution in [2.45, 2.75) is 52.2 Å². The third kappa shape index (κ3) is 7.08.